The maximum Gasteiger partial charge on any atom is 0.408 e. The van der Waals surface area contributed by atoms with Gasteiger partial charge in [0.15, 0.2) is 5.01 Å². The van der Waals surface area contributed by atoms with Gasteiger partial charge in [-0.25, -0.2) is 18.7 Å². The molecule has 0 unspecified atom stereocenters. The van der Waals surface area contributed by atoms with Crippen molar-refractivity contribution in [3.63, 3.8) is 0 Å². The summed E-state index contributed by atoms with van der Waals surface area (Å²) in [6, 6.07) is -1.39. The average Bonchev–Trinajstić information content (AvgIpc) is 3.70. The number of carbonyl (C=O) groups excluding carboxylic acids is 2. The lowest BCUT2D eigenvalue weighted by Gasteiger charge is -2.22. The van der Waals surface area contributed by atoms with E-state index in [1.54, 1.807) is 4.90 Å². The highest BCUT2D eigenvalue weighted by Crippen LogP contribution is 2.42. The minimum Gasteiger partial charge on any atom is -0.393 e. The number of thiazole rings is 1. The number of nitrogens with zero attached hydrogens (tertiary/aromatic N) is 3. The zero-order valence-corrected chi connectivity index (χ0v) is 22.5. The van der Waals surface area contributed by atoms with Crippen molar-refractivity contribution in [3.05, 3.63) is 28.5 Å². The van der Waals surface area contributed by atoms with Gasteiger partial charge >= 0.3 is 6.18 Å². The Morgan fingerprint density at radius 3 is 2.38 bits per heavy atom. The van der Waals surface area contributed by atoms with Crippen molar-refractivity contribution in [1.82, 2.24) is 20.2 Å². The number of hydrogen-bond acceptors (Lipinski definition) is 7. The number of nitrogens with one attached hydrogen (secondary N) is 2. The maximum atomic E-state index is 14.3. The number of fused-ring (bicyclic) bond motifs is 2. The molecule has 2 aliphatic heterocycles. The molecule has 0 spiro atoms. The van der Waals surface area contributed by atoms with Crippen LogP contribution < -0.4 is 10.6 Å². The van der Waals surface area contributed by atoms with Crippen LogP contribution in [0.2, 0.25) is 0 Å². The van der Waals surface area contributed by atoms with E-state index in [1.807, 2.05) is 0 Å². The number of alkyl halides is 5. The minimum absolute atomic E-state index is 0.0110. The summed E-state index contributed by atoms with van der Waals surface area (Å²) >= 11 is 0.768. The zero-order valence-electron chi connectivity index (χ0n) is 21.7. The van der Waals surface area contributed by atoms with E-state index in [0.717, 1.165) is 49.3 Å². The van der Waals surface area contributed by atoms with Gasteiger partial charge in [-0.2, -0.15) is 13.2 Å². The van der Waals surface area contributed by atoms with Gasteiger partial charge in [0.2, 0.25) is 0 Å². The minimum atomic E-state index is -4.61. The van der Waals surface area contributed by atoms with Gasteiger partial charge < -0.3 is 20.6 Å². The van der Waals surface area contributed by atoms with E-state index in [1.165, 1.54) is 6.92 Å². The van der Waals surface area contributed by atoms with E-state index in [-0.39, 0.29) is 51.5 Å². The van der Waals surface area contributed by atoms with Crippen LogP contribution in [0, 0.1) is 0 Å². The summed E-state index contributed by atoms with van der Waals surface area (Å²) in [7, 11) is 0. The fraction of sp³-hybridized carbons (Fsp3) is 0.615. The summed E-state index contributed by atoms with van der Waals surface area (Å²) < 4.78 is 68.4. The van der Waals surface area contributed by atoms with E-state index < -0.39 is 42.1 Å². The Morgan fingerprint density at radius 1 is 1.15 bits per heavy atom. The molecule has 8 nitrogen and oxygen atoms in total. The highest BCUT2D eigenvalue weighted by Gasteiger charge is 2.44. The Labute approximate surface area is 231 Å². The van der Waals surface area contributed by atoms with Gasteiger partial charge in [0.05, 0.1) is 11.0 Å². The normalized spacial score (nSPS) is 25.1. The van der Waals surface area contributed by atoms with E-state index in [9.17, 15) is 36.6 Å². The van der Waals surface area contributed by atoms with Crippen molar-refractivity contribution >= 4 is 29.0 Å². The van der Waals surface area contributed by atoms with Gasteiger partial charge in [-0.3, -0.25) is 9.59 Å². The van der Waals surface area contributed by atoms with Crippen LogP contribution in [-0.2, 0) is 0 Å². The molecule has 2 bridgehead atoms. The Bertz CT molecular complexity index is 1250. The van der Waals surface area contributed by atoms with E-state index in [0.29, 0.717) is 19.3 Å². The summed E-state index contributed by atoms with van der Waals surface area (Å²) in [5.41, 5.74) is -0.933. The number of carbonyl (C=O) groups is 2. The van der Waals surface area contributed by atoms with E-state index in [2.05, 4.69) is 20.6 Å². The van der Waals surface area contributed by atoms with E-state index >= 15 is 0 Å². The first-order chi connectivity index (χ1) is 19.0. The second-order valence-corrected chi connectivity index (χ2v) is 11.6. The molecule has 5 rings (SSSR count). The SMILES string of the molecule is CC[C@H](Nc1cc(C(F)F)c(-c2sc(C(=O)N[C@H]3CC[C@H](O)C3)nc2C(=O)N2[C@H]3CC[C@H]2CC3)cn1)C(F)(F)F. The molecule has 2 aromatic heterocycles. The quantitative estimate of drug-likeness (QED) is 0.362. The topological polar surface area (TPSA) is 107 Å². The zero-order chi connectivity index (χ0) is 28.8. The standard InChI is InChI=1S/C26H30F5N5O3S/c1-2-18(26(29,30)31)34-19-10-16(22(27)28)17(11-32-19)21-20(25(39)36-13-4-5-14(36)7-6-13)35-24(40-21)23(38)33-12-3-8-15(37)9-12/h10-15,18,22,37H,2-9H2,1H3,(H,32,34)(H,33,38)/t12-,13-,14-,15-,18-/m0/s1. The number of aromatic nitrogens is 2. The predicted molar refractivity (Wildman–Crippen MR) is 137 cm³/mol. The van der Waals surface area contributed by atoms with Crippen LogP contribution in [0.5, 0.6) is 0 Å². The fourth-order valence-electron chi connectivity index (χ4n) is 5.96. The molecule has 2 amide bonds. The first kappa shape index (κ1) is 28.7. The van der Waals surface area contributed by atoms with Crippen LogP contribution in [-0.4, -0.2) is 68.2 Å². The Morgan fingerprint density at radius 2 is 1.82 bits per heavy atom. The number of pyridine rings is 1. The van der Waals surface area contributed by atoms with Crippen LogP contribution in [0.25, 0.3) is 10.4 Å². The number of halogens is 5. The van der Waals surface area contributed by atoms with Crippen molar-refractivity contribution < 1.29 is 36.6 Å². The molecule has 3 fully saturated rings. The smallest absolute Gasteiger partial charge is 0.393 e. The molecule has 40 heavy (non-hydrogen) atoms. The largest absolute Gasteiger partial charge is 0.408 e. The number of anilines is 1. The number of amides is 2. The maximum absolute atomic E-state index is 14.3. The Hall–Kier alpha value is -2.87. The lowest BCUT2D eigenvalue weighted by Crippen LogP contribution is -2.36. The third-order valence-corrected chi connectivity index (χ3v) is 9.08. The molecule has 0 aromatic carbocycles. The van der Waals surface area contributed by atoms with Gasteiger partial charge in [-0.05, 0) is 57.4 Å². The molecule has 4 heterocycles. The molecule has 1 saturated carbocycles. The summed E-state index contributed by atoms with van der Waals surface area (Å²) in [5, 5.41) is 14.6. The molecule has 3 atom stereocenters. The number of rotatable bonds is 8. The first-order valence-electron chi connectivity index (χ1n) is 13.4. The molecule has 3 N–H and O–H groups in total. The molecule has 3 aliphatic rings. The van der Waals surface area contributed by atoms with Crippen LogP contribution in [0.4, 0.5) is 27.8 Å². The third-order valence-electron chi connectivity index (χ3n) is 7.99. The highest BCUT2D eigenvalue weighted by atomic mass is 32.1. The fourth-order valence-corrected chi connectivity index (χ4v) is 6.95. The lowest BCUT2D eigenvalue weighted by molar-refractivity contribution is -0.142. The predicted octanol–water partition coefficient (Wildman–Crippen LogP) is 5.31. The molecule has 14 heteroatoms. The van der Waals surface area contributed by atoms with Crippen molar-refractivity contribution in [2.24, 2.45) is 0 Å². The highest BCUT2D eigenvalue weighted by molar-refractivity contribution is 7.17. The van der Waals surface area contributed by atoms with Crippen molar-refractivity contribution in [2.45, 2.75) is 101 Å². The second-order valence-electron chi connectivity index (χ2n) is 10.6. The molecule has 2 aromatic rings. The van der Waals surface area contributed by atoms with Gasteiger partial charge in [-0.15, -0.1) is 11.3 Å². The van der Waals surface area contributed by atoms with E-state index in [4.69, 9.17) is 0 Å². The Kier molecular flexibility index (Phi) is 8.01. The Balaban J connectivity index is 1.52. The van der Waals surface area contributed by atoms with Crippen LogP contribution >= 0.6 is 11.3 Å². The van der Waals surface area contributed by atoms with Crippen molar-refractivity contribution in [3.8, 4) is 10.4 Å². The molecule has 1 aliphatic carbocycles. The second kappa shape index (κ2) is 11.2. The summed E-state index contributed by atoms with van der Waals surface area (Å²) in [6.45, 7) is 1.31. The third kappa shape index (κ3) is 5.65. The van der Waals surface area contributed by atoms with Gasteiger partial charge in [0.25, 0.3) is 18.2 Å². The molecular weight excluding hydrogens is 557 g/mol. The molecule has 0 radical (unpaired) electrons. The van der Waals surface area contributed by atoms with Crippen molar-refractivity contribution in [1.29, 1.82) is 0 Å². The summed E-state index contributed by atoms with van der Waals surface area (Å²) in [6.07, 6.45) is -2.78. The summed E-state index contributed by atoms with van der Waals surface area (Å²) in [4.78, 5) is 36.8. The van der Waals surface area contributed by atoms with Crippen LogP contribution in [0.1, 0.15) is 90.6 Å². The van der Waals surface area contributed by atoms with Crippen LogP contribution in [0.3, 0.4) is 0 Å². The summed E-state index contributed by atoms with van der Waals surface area (Å²) in [5.74, 6) is -1.43. The van der Waals surface area contributed by atoms with Gasteiger partial charge in [0.1, 0.15) is 17.6 Å². The molecule has 2 saturated heterocycles. The lowest BCUT2D eigenvalue weighted by atomic mass is 10.0. The molecular formula is C26H30F5N5O3S. The monoisotopic (exact) mass is 587 g/mol. The van der Waals surface area contributed by atoms with Gasteiger partial charge in [-0.1, -0.05) is 6.92 Å². The first-order valence-corrected chi connectivity index (χ1v) is 14.2. The molecule has 218 valence electrons. The average molecular weight is 588 g/mol. The number of aliphatic hydroxyl groups is 1. The van der Waals surface area contributed by atoms with Gasteiger partial charge in [0, 0.05) is 35.4 Å². The number of aliphatic hydroxyl groups excluding tert-OH is 1. The number of hydrogen-bond donors (Lipinski definition) is 3. The van der Waals surface area contributed by atoms with Crippen molar-refractivity contribution in [2.75, 3.05) is 5.32 Å². The van der Waals surface area contributed by atoms with Crippen LogP contribution in [0.15, 0.2) is 12.3 Å².